The number of nitrogens with zero attached hydrogens (tertiary/aromatic N) is 2. The summed E-state index contributed by atoms with van der Waals surface area (Å²) in [5.74, 6) is 0. The number of nitrogens with one attached hydrogen (secondary N) is 2. The van der Waals surface area contributed by atoms with Gasteiger partial charge >= 0.3 is 0 Å². The van der Waals surface area contributed by atoms with Crippen molar-refractivity contribution in [3.63, 3.8) is 0 Å². The van der Waals surface area contributed by atoms with Gasteiger partial charge in [-0.25, -0.2) is 0 Å². The summed E-state index contributed by atoms with van der Waals surface area (Å²) in [5, 5.41) is 10.4. The monoisotopic (exact) mass is 312 g/mol. The molecule has 4 heteroatoms. The molecule has 4 nitrogen and oxygen atoms in total. The third kappa shape index (κ3) is 5.48. The first-order valence-electron chi connectivity index (χ1n) is 8.89. The van der Waals surface area contributed by atoms with Crippen LogP contribution in [0.15, 0.2) is 36.5 Å². The van der Waals surface area contributed by atoms with Gasteiger partial charge in [0.25, 0.3) is 0 Å². The Hall–Kier alpha value is -1.65. The minimum Gasteiger partial charge on any atom is -0.307 e. The maximum absolute atomic E-state index is 3.96. The van der Waals surface area contributed by atoms with Gasteiger partial charge in [0.15, 0.2) is 0 Å². The second kappa shape index (κ2) is 8.85. The molecule has 0 spiro atoms. The highest BCUT2D eigenvalue weighted by atomic mass is 15.1. The molecule has 1 fully saturated rings. The fraction of sp³-hybridized carbons (Fsp3) is 0.526. The number of likely N-dealkylation sites (tertiary alicyclic amines) is 1. The van der Waals surface area contributed by atoms with E-state index in [-0.39, 0.29) is 0 Å². The predicted octanol–water partition coefficient (Wildman–Crippen LogP) is 3.47. The molecule has 0 saturated carbocycles. The van der Waals surface area contributed by atoms with Gasteiger partial charge in [0, 0.05) is 31.5 Å². The molecule has 124 valence electrons. The predicted molar refractivity (Wildman–Crippen MR) is 93.9 cm³/mol. The molecule has 3 rings (SSSR count). The SMILES string of the molecule is c1cc(CNCc2ccc(CN3CCCCCCC3)cc2)[nH]n1. The summed E-state index contributed by atoms with van der Waals surface area (Å²) in [5.41, 5.74) is 3.89. The second-order valence-corrected chi connectivity index (χ2v) is 6.55. The molecule has 0 unspecified atom stereocenters. The third-order valence-corrected chi connectivity index (χ3v) is 4.58. The van der Waals surface area contributed by atoms with Crippen LogP contribution in [0, 0.1) is 0 Å². The highest BCUT2D eigenvalue weighted by Crippen LogP contribution is 2.14. The van der Waals surface area contributed by atoms with Crippen molar-refractivity contribution in [1.29, 1.82) is 0 Å². The molecular formula is C19H28N4. The van der Waals surface area contributed by atoms with Crippen LogP contribution in [-0.2, 0) is 19.6 Å². The van der Waals surface area contributed by atoms with Gasteiger partial charge in [-0.3, -0.25) is 10.00 Å². The topological polar surface area (TPSA) is 44.0 Å². The van der Waals surface area contributed by atoms with Gasteiger partial charge in [0.05, 0.1) is 0 Å². The van der Waals surface area contributed by atoms with E-state index >= 15 is 0 Å². The van der Waals surface area contributed by atoms with Gasteiger partial charge in [-0.05, 0) is 43.1 Å². The summed E-state index contributed by atoms with van der Waals surface area (Å²) in [6.45, 7) is 5.33. The van der Waals surface area contributed by atoms with Crippen molar-refractivity contribution in [2.45, 2.75) is 51.7 Å². The average Bonchev–Trinajstić information content (AvgIpc) is 3.05. The fourth-order valence-electron chi connectivity index (χ4n) is 3.22. The Labute approximate surface area is 139 Å². The van der Waals surface area contributed by atoms with E-state index in [1.807, 2.05) is 6.07 Å². The molecule has 2 N–H and O–H groups in total. The summed E-state index contributed by atoms with van der Waals surface area (Å²) in [7, 11) is 0. The molecule has 0 radical (unpaired) electrons. The Morgan fingerprint density at radius 3 is 2.26 bits per heavy atom. The first-order chi connectivity index (χ1) is 11.4. The molecule has 1 aliphatic rings. The lowest BCUT2D eigenvalue weighted by atomic mass is 10.1. The molecule has 1 aromatic carbocycles. The van der Waals surface area contributed by atoms with Crippen molar-refractivity contribution in [2.75, 3.05) is 13.1 Å². The normalized spacial score (nSPS) is 16.9. The highest BCUT2D eigenvalue weighted by molar-refractivity contribution is 5.22. The fourth-order valence-corrected chi connectivity index (χ4v) is 3.22. The molecule has 0 amide bonds. The summed E-state index contributed by atoms with van der Waals surface area (Å²) >= 11 is 0. The Morgan fingerprint density at radius 1 is 0.870 bits per heavy atom. The van der Waals surface area contributed by atoms with E-state index in [9.17, 15) is 0 Å². The Bertz CT molecular complexity index is 539. The average molecular weight is 312 g/mol. The van der Waals surface area contributed by atoms with E-state index in [2.05, 4.69) is 44.7 Å². The van der Waals surface area contributed by atoms with Crippen LogP contribution in [0.5, 0.6) is 0 Å². The molecular weight excluding hydrogens is 284 g/mol. The minimum absolute atomic E-state index is 0.829. The Morgan fingerprint density at radius 2 is 1.57 bits per heavy atom. The van der Waals surface area contributed by atoms with Crippen molar-refractivity contribution < 1.29 is 0 Å². The highest BCUT2D eigenvalue weighted by Gasteiger charge is 2.08. The molecule has 1 saturated heterocycles. The number of rotatable bonds is 6. The van der Waals surface area contributed by atoms with Crippen molar-refractivity contribution in [3.8, 4) is 0 Å². The lowest BCUT2D eigenvalue weighted by molar-refractivity contribution is 0.240. The molecule has 2 heterocycles. The van der Waals surface area contributed by atoms with Crippen LogP contribution in [0.4, 0.5) is 0 Å². The molecule has 0 bridgehead atoms. The lowest BCUT2D eigenvalue weighted by Crippen LogP contribution is -2.26. The zero-order valence-electron chi connectivity index (χ0n) is 13.9. The van der Waals surface area contributed by atoms with Crippen molar-refractivity contribution in [2.24, 2.45) is 0 Å². The molecule has 0 atom stereocenters. The minimum atomic E-state index is 0.829. The zero-order valence-corrected chi connectivity index (χ0v) is 13.9. The number of H-pyrrole nitrogens is 1. The van der Waals surface area contributed by atoms with Gasteiger partial charge in [0.1, 0.15) is 0 Å². The smallest absolute Gasteiger partial charge is 0.0490 e. The van der Waals surface area contributed by atoms with Gasteiger partial charge in [0.2, 0.25) is 0 Å². The van der Waals surface area contributed by atoms with E-state index in [0.29, 0.717) is 0 Å². The first-order valence-corrected chi connectivity index (χ1v) is 8.89. The van der Waals surface area contributed by atoms with E-state index in [4.69, 9.17) is 0 Å². The zero-order chi connectivity index (χ0) is 15.7. The summed E-state index contributed by atoms with van der Waals surface area (Å²) in [6.07, 6.45) is 8.73. The number of aromatic nitrogens is 2. The summed E-state index contributed by atoms with van der Waals surface area (Å²) < 4.78 is 0. The number of aromatic amines is 1. The molecule has 1 aromatic heterocycles. The Kier molecular flexibility index (Phi) is 6.24. The van der Waals surface area contributed by atoms with Gasteiger partial charge in [-0.15, -0.1) is 0 Å². The Balaban J connectivity index is 1.44. The quantitative estimate of drug-likeness (QED) is 0.858. The maximum atomic E-state index is 3.96. The largest absolute Gasteiger partial charge is 0.307 e. The molecule has 1 aliphatic heterocycles. The first kappa shape index (κ1) is 16.2. The van der Waals surface area contributed by atoms with Crippen molar-refractivity contribution in [3.05, 3.63) is 53.3 Å². The van der Waals surface area contributed by atoms with Crippen LogP contribution in [0.1, 0.15) is 48.9 Å². The van der Waals surface area contributed by atoms with Crippen LogP contribution in [0.3, 0.4) is 0 Å². The number of hydrogen-bond acceptors (Lipinski definition) is 3. The van der Waals surface area contributed by atoms with E-state index < -0.39 is 0 Å². The second-order valence-electron chi connectivity index (χ2n) is 6.55. The van der Waals surface area contributed by atoms with E-state index in [0.717, 1.165) is 25.3 Å². The van der Waals surface area contributed by atoms with Crippen LogP contribution < -0.4 is 5.32 Å². The van der Waals surface area contributed by atoms with Gasteiger partial charge in [-0.1, -0.05) is 43.5 Å². The third-order valence-electron chi connectivity index (χ3n) is 4.58. The van der Waals surface area contributed by atoms with Crippen molar-refractivity contribution >= 4 is 0 Å². The number of benzene rings is 1. The molecule has 0 aliphatic carbocycles. The standard InChI is InChI=1S/C19H28N4/c1-2-4-12-23(13-5-3-1)16-18-8-6-17(7-9-18)14-20-15-19-10-11-21-22-19/h6-11,20H,1-5,12-16H2,(H,21,22). The summed E-state index contributed by atoms with van der Waals surface area (Å²) in [4.78, 5) is 2.62. The molecule has 2 aromatic rings. The van der Waals surface area contributed by atoms with Crippen LogP contribution in [-0.4, -0.2) is 28.2 Å². The van der Waals surface area contributed by atoms with Crippen molar-refractivity contribution in [1.82, 2.24) is 20.4 Å². The lowest BCUT2D eigenvalue weighted by Gasteiger charge is -2.24. The summed E-state index contributed by atoms with van der Waals surface area (Å²) in [6, 6.07) is 11.1. The van der Waals surface area contributed by atoms with Crippen LogP contribution in [0.2, 0.25) is 0 Å². The van der Waals surface area contributed by atoms with Crippen LogP contribution in [0.25, 0.3) is 0 Å². The molecule has 23 heavy (non-hydrogen) atoms. The maximum Gasteiger partial charge on any atom is 0.0490 e. The van der Waals surface area contributed by atoms with Crippen LogP contribution >= 0.6 is 0 Å². The van der Waals surface area contributed by atoms with E-state index in [1.165, 1.54) is 56.3 Å². The number of hydrogen-bond donors (Lipinski definition) is 2. The van der Waals surface area contributed by atoms with E-state index in [1.54, 1.807) is 6.20 Å². The van der Waals surface area contributed by atoms with Gasteiger partial charge in [-0.2, -0.15) is 5.10 Å². The van der Waals surface area contributed by atoms with Gasteiger partial charge < -0.3 is 5.32 Å².